The number of amides is 2. The van der Waals surface area contributed by atoms with Crippen LogP contribution in [-0.4, -0.2) is 73.9 Å². The van der Waals surface area contributed by atoms with Gasteiger partial charge in [0.15, 0.2) is 11.4 Å². The number of ether oxygens (including phenoxy) is 1. The van der Waals surface area contributed by atoms with Crippen LogP contribution in [0.2, 0.25) is 0 Å². The number of nitrogens with one attached hydrogen (secondary N) is 1. The number of hydrogen-bond donors (Lipinski definition) is 1. The summed E-state index contributed by atoms with van der Waals surface area (Å²) in [5.41, 5.74) is -1.64. The Balaban J connectivity index is 1.22. The molecule has 0 spiro atoms. The standard InChI is InChI=1S/C39H46F4N6O6S/c1-23(2)49-33-30(20-44-22-45-33)46-36(49)55-27-17-31-32(50)19-38(35(52)47-56(53,54)37(3)13-14-37)18-26(38)10-8-6-4-5-7-9-25(34(51)48(31)21-27)15-24-11-12-29(40)28(16-24)39(41,42)43/h8,10-12,16,20,22-23,25-27,31H,4-7,9,13-15,17-19,21H2,1-3H3,(H,47,52)/b10-8-/t25-,26+,27-,31+,38-/m1/s1. The molecule has 302 valence electrons. The Morgan fingerprint density at radius 2 is 1.91 bits per heavy atom. The monoisotopic (exact) mass is 802 g/mol. The van der Waals surface area contributed by atoms with Crippen molar-refractivity contribution in [3.05, 3.63) is 59.8 Å². The number of hydrogen-bond acceptors (Lipinski definition) is 9. The molecule has 2 aromatic heterocycles. The highest BCUT2D eigenvalue weighted by molar-refractivity contribution is 7.91. The van der Waals surface area contributed by atoms with Gasteiger partial charge in [0.2, 0.25) is 21.8 Å². The Morgan fingerprint density at radius 3 is 2.62 bits per heavy atom. The van der Waals surface area contributed by atoms with Crippen molar-refractivity contribution >= 4 is 38.8 Å². The number of fused-ring (bicyclic) bond motifs is 3. The molecule has 0 bridgehead atoms. The number of alkyl halides is 3. The number of ketones is 1. The van der Waals surface area contributed by atoms with E-state index in [-0.39, 0.29) is 49.8 Å². The predicted molar refractivity (Wildman–Crippen MR) is 196 cm³/mol. The van der Waals surface area contributed by atoms with Crippen LogP contribution in [0.3, 0.4) is 0 Å². The van der Waals surface area contributed by atoms with Gasteiger partial charge in [-0.05, 0) is 89.3 Å². The Kier molecular flexibility index (Phi) is 10.5. The van der Waals surface area contributed by atoms with Crippen LogP contribution in [-0.2, 0) is 37.0 Å². The smallest absolute Gasteiger partial charge is 0.419 e. The Hall–Kier alpha value is -4.41. The maximum atomic E-state index is 14.7. The predicted octanol–water partition coefficient (Wildman–Crippen LogP) is 6.26. The zero-order valence-corrected chi connectivity index (χ0v) is 32.3. The van der Waals surface area contributed by atoms with E-state index in [4.69, 9.17) is 4.74 Å². The third kappa shape index (κ3) is 7.79. The van der Waals surface area contributed by atoms with Crippen molar-refractivity contribution in [2.75, 3.05) is 6.54 Å². The van der Waals surface area contributed by atoms with Gasteiger partial charge >= 0.3 is 6.18 Å². The zero-order valence-electron chi connectivity index (χ0n) is 31.5. The molecule has 4 heterocycles. The lowest BCUT2D eigenvalue weighted by Gasteiger charge is -2.29. The van der Waals surface area contributed by atoms with E-state index >= 15 is 0 Å². The number of sulfonamides is 1. The largest absolute Gasteiger partial charge is 0.459 e. The van der Waals surface area contributed by atoms with Crippen LogP contribution < -0.4 is 9.46 Å². The van der Waals surface area contributed by atoms with Crippen LogP contribution in [0, 0.1) is 23.1 Å². The lowest BCUT2D eigenvalue weighted by molar-refractivity contribution is -0.142. The molecule has 2 aliphatic heterocycles. The summed E-state index contributed by atoms with van der Waals surface area (Å²) in [6.07, 6.45) is 4.61. The maximum absolute atomic E-state index is 14.7. The summed E-state index contributed by atoms with van der Waals surface area (Å²) in [6, 6.07) is 1.68. The van der Waals surface area contributed by atoms with Gasteiger partial charge in [-0.3, -0.25) is 23.7 Å². The Morgan fingerprint density at radius 1 is 1.14 bits per heavy atom. The van der Waals surface area contributed by atoms with Crippen molar-refractivity contribution in [1.82, 2.24) is 29.1 Å². The fourth-order valence-corrected chi connectivity index (χ4v) is 9.48. The molecular weight excluding hydrogens is 757 g/mol. The molecule has 0 radical (unpaired) electrons. The van der Waals surface area contributed by atoms with Crippen LogP contribution >= 0.6 is 0 Å². The number of Topliss-reactive ketones (excluding diaryl/α,β-unsaturated/α-hetero) is 1. The Labute approximate surface area is 322 Å². The lowest BCUT2D eigenvalue weighted by Crippen LogP contribution is -2.47. The van der Waals surface area contributed by atoms with Crippen molar-refractivity contribution in [2.24, 2.45) is 17.3 Å². The molecule has 5 atom stereocenters. The third-order valence-electron chi connectivity index (χ3n) is 11.9. The van der Waals surface area contributed by atoms with E-state index in [1.165, 1.54) is 17.3 Å². The van der Waals surface area contributed by atoms with Gasteiger partial charge in [0.05, 0.1) is 34.5 Å². The van der Waals surface area contributed by atoms with Crippen LogP contribution in [0.5, 0.6) is 6.01 Å². The highest BCUT2D eigenvalue weighted by Gasteiger charge is 2.62. The van der Waals surface area contributed by atoms with Crippen molar-refractivity contribution in [3.63, 3.8) is 0 Å². The number of nitrogens with zero attached hydrogens (tertiary/aromatic N) is 5. The third-order valence-corrected chi connectivity index (χ3v) is 14.1. The van der Waals surface area contributed by atoms with E-state index in [1.54, 1.807) is 17.7 Å². The molecule has 0 unspecified atom stereocenters. The van der Waals surface area contributed by atoms with E-state index < -0.39 is 79.3 Å². The van der Waals surface area contributed by atoms with Gasteiger partial charge < -0.3 is 9.64 Å². The van der Waals surface area contributed by atoms with Crippen LogP contribution in [0.1, 0.15) is 102 Å². The molecule has 2 amide bonds. The fraction of sp³-hybridized carbons (Fsp3) is 0.590. The van der Waals surface area contributed by atoms with Crippen LogP contribution in [0.25, 0.3) is 11.2 Å². The summed E-state index contributed by atoms with van der Waals surface area (Å²) in [5.74, 6) is -4.34. The summed E-state index contributed by atoms with van der Waals surface area (Å²) in [4.78, 5) is 57.5. The number of aromatic nitrogens is 4. The molecule has 56 heavy (non-hydrogen) atoms. The van der Waals surface area contributed by atoms with Gasteiger partial charge in [-0.1, -0.05) is 31.1 Å². The molecule has 17 heteroatoms. The number of allylic oxidation sites excluding steroid dienone is 2. The second kappa shape index (κ2) is 14.8. The molecule has 1 saturated heterocycles. The number of imidazole rings is 1. The number of carbonyl (C=O) groups excluding carboxylic acids is 3. The van der Waals surface area contributed by atoms with Crippen molar-refractivity contribution in [1.29, 1.82) is 0 Å². The van der Waals surface area contributed by atoms with Crippen molar-refractivity contribution in [3.8, 4) is 6.01 Å². The molecule has 3 aromatic rings. The molecule has 4 aliphatic rings. The highest BCUT2D eigenvalue weighted by atomic mass is 32.2. The van der Waals surface area contributed by atoms with Gasteiger partial charge in [0.25, 0.3) is 6.01 Å². The molecule has 1 N–H and O–H groups in total. The Bertz CT molecular complexity index is 2170. The topological polar surface area (TPSA) is 153 Å². The molecule has 12 nitrogen and oxygen atoms in total. The number of carbonyl (C=O) groups is 3. The van der Waals surface area contributed by atoms with E-state index in [1.807, 2.05) is 26.0 Å². The normalized spacial score (nSPS) is 27.6. The van der Waals surface area contributed by atoms with E-state index in [2.05, 4.69) is 19.7 Å². The average Bonchev–Trinajstić information content (AvgIpc) is 3.95. The van der Waals surface area contributed by atoms with Crippen LogP contribution in [0.4, 0.5) is 17.6 Å². The number of halogens is 4. The maximum Gasteiger partial charge on any atom is 0.419 e. The van der Waals surface area contributed by atoms with Gasteiger partial charge in [-0.25, -0.2) is 22.8 Å². The first-order valence-electron chi connectivity index (χ1n) is 19.2. The van der Waals surface area contributed by atoms with Gasteiger partial charge in [0, 0.05) is 24.8 Å². The van der Waals surface area contributed by atoms with E-state index in [0.29, 0.717) is 49.7 Å². The fourth-order valence-electron chi connectivity index (χ4n) is 8.15. The average molecular weight is 803 g/mol. The number of rotatable bonds is 8. The molecule has 3 fully saturated rings. The molecule has 7 rings (SSSR count). The lowest BCUT2D eigenvalue weighted by atomic mass is 9.89. The highest BCUT2D eigenvalue weighted by Crippen LogP contribution is 2.57. The zero-order chi connectivity index (χ0) is 40.2. The van der Waals surface area contributed by atoms with Crippen molar-refractivity contribution < 1.29 is 45.1 Å². The van der Waals surface area contributed by atoms with E-state index in [9.17, 15) is 40.4 Å². The van der Waals surface area contributed by atoms with Gasteiger partial charge in [-0.15, -0.1) is 0 Å². The summed E-state index contributed by atoms with van der Waals surface area (Å²) in [5, 5.41) is 0. The first-order valence-corrected chi connectivity index (χ1v) is 20.7. The second-order valence-corrected chi connectivity index (χ2v) is 18.5. The van der Waals surface area contributed by atoms with Crippen molar-refractivity contribution in [2.45, 2.75) is 121 Å². The first kappa shape index (κ1) is 39.8. The summed E-state index contributed by atoms with van der Waals surface area (Å²) in [6.45, 7) is 5.34. The molecule has 1 aromatic carbocycles. The SMILES string of the molecule is CC(C)n1c(O[C@@H]2C[C@H]3C(=O)C[C@]4(C(=O)NS(=O)(=O)C5(C)CC5)C[C@@H]4/C=C\CCCCC[C@H](Cc4ccc(F)c(C(F)(F)F)c4)C(=O)N3C2)nc2cncnc21. The minimum Gasteiger partial charge on any atom is -0.459 e. The second-order valence-electron chi connectivity index (χ2n) is 16.3. The molecule has 2 saturated carbocycles. The minimum atomic E-state index is -4.94. The quantitative estimate of drug-likeness (QED) is 0.206. The summed E-state index contributed by atoms with van der Waals surface area (Å²) in [7, 11) is -4.01. The first-order chi connectivity index (χ1) is 26.4. The summed E-state index contributed by atoms with van der Waals surface area (Å²) >= 11 is 0. The molecular formula is C39H46F4N6O6S. The van der Waals surface area contributed by atoms with Gasteiger partial charge in [0.1, 0.15) is 23.8 Å². The van der Waals surface area contributed by atoms with Crippen LogP contribution in [0.15, 0.2) is 42.9 Å². The minimum absolute atomic E-state index is 0.0214. The number of benzene rings is 1. The van der Waals surface area contributed by atoms with E-state index in [0.717, 1.165) is 18.6 Å². The summed E-state index contributed by atoms with van der Waals surface area (Å²) < 4.78 is 91.1. The molecule has 2 aliphatic carbocycles. The van der Waals surface area contributed by atoms with Gasteiger partial charge in [-0.2, -0.15) is 18.2 Å².